The van der Waals surface area contributed by atoms with Gasteiger partial charge in [-0.3, -0.25) is 9.69 Å². The van der Waals surface area contributed by atoms with E-state index in [4.69, 9.17) is 23.4 Å². The van der Waals surface area contributed by atoms with E-state index < -0.39 is 0 Å². The lowest BCUT2D eigenvalue weighted by Gasteiger charge is -2.29. The van der Waals surface area contributed by atoms with Gasteiger partial charge in [0.1, 0.15) is 30.1 Å². The molecule has 0 aliphatic carbocycles. The van der Waals surface area contributed by atoms with Gasteiger partial charge in [0.15, 0.2) is 11.5 Å². The fourth-order valence-electron chi connectivity index (χ4n) is 4.39. The van der Waals surface area contributed by atoms with Crippen molar-refractivity contribution in [2.24, 2.45) is 0 Å². The van der Waals surface area contributed by atoms with Crippen LogP contribution in [-0.4, -0.2) is 39.5 Å². The predicted octanol–water partition coefficient (Wildman–Crippen LogP) is 4.88. The van der Waals surface area contributed by atoms with Crippen molar-refractivity contribution in [3.05, 3.63) is 82.2 Å². The molecular weight excluding hydrogens is 446 g/mol. The monoisotopic (exact) mass is 473 g/mol. The smallest absolute Gasteiger partial charge is 0.200 e. The van der Waals surface area contributed by atoms with E-state index in [0.29, 0.717) is 41.3 Å². The number of rotatable bonds is 7. The Balaban J connectivity index is 1.38. The van der Waals surface area contributed by atoms with Crippen molar-refractivity contribution in [3.63, 3.8) is 0 Å². The molecule has 0 bridgehead atoms. The molecule has 0 radical (unpaired) electrons. The molecule has 1 aliphatic rings. The van der Waals surface area contributed by atoms with Crippen LogP contribution < -0.4 is 24.4 Å². The van der Waals surface area contributed by atoms with Gasteiger partial charge in [-0.05, 0) is 53.9 Å². The minimum absolute atomic E-state index is 0.0679. The van der Waals surface area contributed by atoms with Gasteiger partial charge in [0, 0.05) is 13.1 Å². The summed E-state index contributed by atoms with van der Waals surface area (Å²) in [6.45, 7) is 1.88. The van der Waals surface area contributed by atoms with Gasteiger partial charge in [-0.15, -0.1) is 0 Å². The van der Waals surface area contributed by atoms with Gasteiger partial charge in [-0.25, -0.2) is 0 Å². The van der Waals surface area contributed by atoms with Crippen LogP contribution in [0.4, 0.5) is 0 Å². The first-order valence-corrected chi connectivity index (χ1v) is 11.4. The van der Waals surface area contributed by atoms with Gasteiger partial charge in [0.25, 0.3) is 0 Å². The lowest BCUT2D eigenvalue weighted by molar-refractivity contribution is 0.0968. The molecule has 1 aliphatic heterocycles. The summed E-state index contributed by atoms with van der Waals surface area (Å²) in [6, 6.07) is 17.0. The van der Waals surface area contributed by atoms with Crippen LogP contribution in [0.3, 0.4) is 0 Å². The molecule has 0 unspecified atom stereocenters. The Morgan fingerprint density at radius 1 is 0.914 bits per heavy atom. The molecule has 3 aromatic carbocycles. The third-order valence-corrected chi connectivity index (χ3v) is 6.35. The van der Waals surface area contributed by atoms with E-state index in [1.807, 2.05) is 48.5 Å². The summed E-state index contributed by atoms with van der Waals surface area (Å²) in [6.07, 6.45) is 2.35. The maximum absolute atomic E-state index is 13.3. The van der Waals surface area contributed by atoms with Crippen LogP contribution in [0, 0.1) is 0 Å². The summed E-state index contributed by atoms with van der Waals surface area (Å²) < 4.78 is 28.0. The van der Waals surface area contributed by atoms with Gasteiger partial charge < -0.3 is 23.4 Å². The Morgan fingerprint density at radius 3 is 2.46 bits per heavy atom. The largest absolute Gasteiger partial charge is 0.497 e. The van der Waals surface area contributed by atoms with Crippen LogP contribution in [0.1, 0.15) is 11.1 Å². The zero-order chi connectivity index (χ0) is 24.4. The van der Waals surface area contributed by atoms with Gasteiger partial charge in [0.2, 0.25) is 5.43 Å². The Morgan fingerprint density at radius 2 is 1.71 bits per heavy atom. The van der Waals surface area contributed by atoms with Crippen molar-refractivity contribution in [2.45, 2.75) is 13.0 Å². The molecule has 7 nitrogen and oxygen atoms in total. The summed E-state index contributed by atoms with van der Waals surface area (Å²) in [5.41, 5.74) is 3.83. The van der Waals surface area contributed by atoms with E-state index in [9.17, 15) is 4.79 Å². The Bertz CT molecular complexity index is 1410. The van der Waals surface area contributed by atoms with E-state index in [-0.39, 0.29) is 5.43 Å². The maximum atomic E-state index is 13.3. The van der Waals surface area contributed by atoms with Crippen molar-refractivity contribution in [3.8, 4) is 34.1 Å². The molecule has 0 atom stereocenters. The normalized spacial score (nSPS) is 13.2. The van der Waals surface area contributed by atoms with Crippen molar-refractivity contribution < 1.29 is 23.4 Å². The number of fused-ring (bicyclic) bond motifs is 3. The molecule has 1 aromatic heterocycles. The summed E-state index contributed by atoms with van der Waals surface area (Å²) in [5.74, 6) is 2.91. The van der Waals surface area contributed by atoms with Gasteiger partial charge in [0.05, 0.1) is 37.8 Å². The highest BCUT2D eigenvalue weighted by atomic mass is 16.5. The molecule has 0 N–H and O–H groups in total. The molecule has 0 amide bonds. The number of hydrogen-bond acceptors (Lipinski definition) is 7. The highest BCUT2D eigenvalue weighted by Crippen LogP contribution is 2.33. The Hall–Kier alpha value is -3.97. The first-order chi connectivity index (χ1) is 17.1. The van der Waals surface area contributed by atoms with Gasteiger partial charge >= 0.3 is 0 Å². The van der Waals surface area contributed by atoms with E-state index in [1.165, 1.54) is 6.26 Å². The van der Waals surface area contributed by atoms with Crippen molar-refractivity contribution >= 4 is 11.0 Å². The molecular formula is C28H27NO6. The summed E-state index contributed by atoms with van der Waals surface area (Å²) in [7, 11) is 4.88. The second-order valence-electron chi connectivity index (χ2n) is 8.39. The fraction of sp³-hybridized carbons (Fsp3) is 0.250. The molecule has 7 heteroatoms. The maximum Gasteiger partial charge on any atom is 0.200 e. The van der Waals surface area contributed by atoms with E-state index in [1.54, 1.807) is 27.4 Å². The second-order valence-corrected chi connectivity index (χ2v) is 8.39. The first-order valence-electron chi connectivity index (χ1n) is 11.4. The fourth-order valence-corrected chi connectivity index (χ4v) is 4.39. The minimum Gasteiger partial charge on any atom is -0.497 e. The van der Waals surface area contributed by atoms with E-state index in [2.05, 4.69) is 4.90 Å². The molecule has 0 saturated heterocycles. The lowest BCUT2D eigenvalue weighted by Crippen LogP contribution is -2.33. The zero-order valence-electron chi connectivity index (χ0n) is 20.0. The highest BCUT2D eigenvalue weighted by molar-refractivity contribution is 5.85. The average molecular weight is 474 g/mol. The van der Waals surface area contributed by atoms with Crippen LogP contribution >= 0.6 is 0 Å². The summed E-state index contributed by atoms with van der Waals surface area (Å²) in [4.78, 5) is 15.5. The predicted molar refractivity (Wildman–Crippen MR) is 134 cm³/mol. The third-order valence-electron chi connectivity index (χ3n) is 6.35. The standard InChI is InChI=1S/C28H27NO6/c1-31-20-7-5-19(6-8-20)23-16-34-28-21(27(23)30)9-11-24-22(28)15-29(17-35-24)13-12-18-4-10-25(32-2)26(14-18)33-3/h4-11,14,16H,12-13,15,17H2,1-3H3. The number of hydrogen-bond donors (Lipinski definition) is 0. The quantitative estimate of drug-likeness (QED) is 0.379. The lowest BCUT2D eigenvalue weighted by atomic mass is 10.0. The second kappa shape index (κ2) is 9.72. The minimum atomic E-state index is -0.0679. The third kappa shape index (κ3) is 4.42. The van der Waals surface area contributed by atoms with Crippen LogP contribution in [-0.2, 0) is 13.0 Å². The van der Waals surface area contributed by atoms with Gasteiger partial charge in [-0.2, -0.15) is 0 Å². The average Bonchev–Trinajstić information content (AvgIpc) is 2.91. The molecule has 0 fully saturated rings. The Labute approximate surface area is 203 Å². The number of methoxy groups -OCH3 is 3. The molecule has 35 heavy (non-hydrogen) atoms. The Kier molecular flexibility index (Phi) is 6.33. The highest BCUT2D eigenvalue weighted by Gasteiger charge is 2.23. The van der Waals surface area contributed by atoms with Gasteiger partial charge in [-0.1, -0.05) is 18.2 Å². The SMILES string of the molecule is COc1ccc(-c2coc3c4c(ccc3c2=O)OCN(CCc2ccc(OC)c(OC)c2)C4)cc1. The van der Waals surface area contributed by atoms with Crippen molar-refractivity contribution in [2.75, 3.05) is 34.6 Å². The van der Waals surface area contributed by atoms with Crippen LogP contribution in [0.25, 0.3) is 22.1 Å². The molecule has 4 aromatic rings. The molecule has 0 saturated carbocycles. The summed E-state index contributed by atoms with van der Waals surface area (Å²) in [5, 5.41) is 0.544. The molecule has 0 spiro atoms. The number of nitrogens with zero attached hydrogens (tertiary/aromatic N) is 1. The van der Waals surface area contributed by atoms with Crippen molar-refractivity contribution in [1.29, 1.82) is 0 Å². The van der Waals surface area contributed by atoms with E-state index >= 15 is 0 Å². The van der Waals surface area contributed by atoms with E-state index in [0.717, 1.165) is 41.2 Å². The topological polar surface area (TPSA) is 70.4 Å². The first kappa shape index (κ1) is 22.8. The molecule has 5 rings (SSSR count). The molecule has 2 heterocycles. The van der Waals surface area contributed by atoms with Crippen LogP contribution in [0.2, 0.25) is 0 Å². The summed E-state index contributed by atoms with van der Waals surface area (Å²) >= 11 is 0. The number of ether oxygens (including phenoxy) is 4. The zero-order valence-corrected chi connectivity index (χ0v) is 20.0. The molecule has 180 valence electrons. The van der Waals surface area contributed by atoms with Crippen molar-refractivity contribution in [1.82, 2.24) is 4.90 Å². The van der Waals surface area contributed by atoms with Crippen LogP contribution in [0.15, 0.2) is 70.1 Å². The number of benzene rings is 3. The van der Waals surface area contributed by atoms with Crippen LogP contribution in [0.5, 0.6) is 23.0 Å².